The van der Waals surface area contributed by atoms with Crippen molar-refractivity contribution in [2.45, 2.75) is 44.3 Å². The fourth-order valence-electron chi connectivity index (χ4n) is 4.79. The fraction of sp³-hybridized carbons (Fsp3) is 0.938. The Morgan fingerprint density at radius 2 is 1.78 bits per heavy atom. The molecule has 4 nitrogen and oxygen atoms in total. The van der Waals surface area contributed by atoms with E-state index in [1.807, 2.05) is 0 Å². The number of hydrogen-bond donors (Lipinski definition) is 2. The van der Waals surface area contributed by atoms with Gasteiger partial charge in [0.15, 0.2) is 0 Å². The Morgan fingerprint density at radius 3 is 2.39 bits per heavy atom. The van der Waals surface area contributed by atoms with Gasteiger partial charge in [0, 0.05) is 24.5 Å². The van der Waals surface area contributed by atoms with Crippen molar-refractivity contribution in [3.8, 4) is 0 Å². The summed E-state index contributed by atoms with van der Waals surface area (Å²) in [7, 11) is 0. The summed E-state index contributed by atoms with van der Waals surface area (Å²) in [6, 6.07) is 0.0551. The van der Waals surface area contributed by atoms with Crippen LogP contribution >= 0.6 is 0 Å². The van der Waals surface area contributed by atoms with Gasteiger partial charge in [-0.25, -0.2) is 0 Å². The molecule has 132 valence electrons. The molecule has 0 spiro atoms. The molecule has 2 bridgehead atoms. The molecule has 7 heteroatoms. The number of aliphatic hydroxyl groups excluding tert-OH is 1. The number of rotatable bonds is 4. The Bertz CT molecular complexity index is 436. The molecule has 4 unspecified atom stereocenters. The van der Waals surface area contributed by atoms with Gasteiger partial charge >= 0.3 is 6.18 Å². The lowest BCUT2D eigenvalue weighted by atomic mass is 9.84. The van der Waals surface area contributed by atoms with E-state index in [1.165, 1.54) is 4.90 Å². The van der Waals surface area contributed by atoms with Crippen molar-refractivity contribution >= 4 is 5.91 Å². The first-order valence-corrected chi connectivity index (χ1v) is 8.57. The van der Waals surface area contributed by atoms with Crippen LogP contribution in [0.5, 0.6) is 0 Å². The number of amides is 1. The van der Waals surface area contributed by atoms with Crippen LogP contribution in [0.4, 0.5) is 13.2 Å². The van der Waals surface area contributed by atoms with Crippen molar-refractivity contribution in [2.24, 2.45) is 23.7 Å². The number of carbonyl (C=O) groups is 1. The molecule has 23 heavy (non-hydrogen) atoms. The standard InChI is InChI=1S/C16H25F3N2O2/c17-16(18,19)9-21-5-3-10(4-6-21)15(23)20-14-12-2-1-11(7-12)13(14)8-22/h10-14,22H,1-9H2,(H,20,23). The molecule has 0 aromatic heterocycles. The van der Waals surface area contributed by atoms with E-state index in [2.05, 4.69) is 5.32 Å². The van der Waals surface area contributed by atoms with E-state index in [4.69, 9.17) is 0 Å². The van der Waals surface area contributed by atoms with Gasteiger partial charge in [-0.2, -0.15) is 13.2 Å². The molecule has 1 aliphatic heterocycles. The van der Waals surface area contributed by atoms with Crippen molar-refractivity contribution in [1.29, 1.82) is 0 Å². The van der Waals surface area contributed by atoms with Gasteiger partial charge in [-0.05, 0) is 57.0 Å². The maximum absolute atomic E-state index is 12.5. The molecule has 2 aliphatic carbocycles. The second-order valence-electron chi connectivity index (χ2n) is 7.38. The molecule has 4 atom stereocenters. The van der Waals surface area contributed by atoms with Crippen LogP contribution in [0.3, 0.4) is 0 Å². The van der Waals surface area contributed by atoms with Crippen LogP contribution in [0.25, 0.3) is 0 Å². The predicted molar refractivity (Wildman–Crippen MR) is 78.6 cm³/mol. The number of likely N-dealkylation sites (tertiary alicyclic amines) is 1. The first-order valence-electron chi connectivity index (χ1n) is 8.57. The van der Waals surface area contributed by atoms with Crippen LogP contribution in [0, 0.1) is 23.7 Å². The van der Waals surface area contributed by atoms with Crippen molar-refractivity contribution < 1.29 is 23.1 Å². The normalized spacial score (nSPS) is 35.7. The minimum atomic E-state index is -4.17. The van der Waals surface area contributed by atoms with Crippen molar-refractivity contribution in [3.05, 3.63) is 0 Å². The number of fused-ring (bicyclic) bond motifs is 2. The van der Waals surface area contributed by atoms with E-state index in [1.54, 1.807) is 0 Å². The number of alkyl halides is 3. The van der Waals surface area contributed by atoms with Gasteiger partial charge in [0.25, 0.3) is 0 Å². The summed E-state index contributed by atoms with van der Waals surface area (Å²) in [6.07, 6.45) is 0.111. The lowest BCUT2D eigenvalue weighted by Crippen LogP contribution is -2.49. The van der Waals surface area contributed by atoms with Crippen LogP contribution in [0.1, 0.15) is 32.1 Å². The highest BCUT2D eigenvalue weighted by molar-refractivity contribution is 5.79. The highest BCUT2D eigenvalue weighted by Gasteiger charge is 2.48. The quantitative estimate of drug-likeness (QED) is 0.824. The molecule has 0 radical (unpaired) electrons. The molecule has 3 rings (SSSR count). The van der Waals surface area contributed by atoms with Gasteiger partial charge in [-0.1, -0.05) is 0 Å². The van der Waals surface area contributed by atoms with Crippen LogP contribution in [0.2, 0.25) is 0 Å². The third kappa shape index (κ3) is 3.82. The lowest BCUT2D eigenvalue weighted by Gasteiger charge is -2.35. The summed E-state index contributed by atoms with van der Waals surface area (Å²) in [5.41, 5.74) is 0. The highest BCUT2D eigenvalue weighted by Crippen LogP contribution is 2.48. The van der Waals surface area contributed by atoms with Gasteiger partial charge < -0.3 is 10.4 Å². The Kier molecular flexibility index (Phi) is 4.88. The highest BCUT2D eigenvalue weighted by atomic mass is 19.4. The number of nitrogens with one attached hydrogen (secondary N) is 1. The number of hydrogen-bond acceptors (Lipinski definition) is 3. The minimum absolute atomic E-state index is 0.0346. The molecular formula is C16H25F3N2O2. The van der Waals surface area contributed by atoms with E-state index < -0.39 is 12.7 Å². The summed E-state index contributed by atoms with van der Waals surface area (Å²) in [6.45, 7) is -0.147. The number of carbonyl (C=O) groups excluding carboxylic acids is 1. The average molecular weight is 334 g/mol. The maximum Gasteiger partial charge on any atom is 0.401 e. The molecule has 0 aromatic rings. The first-order chi connectivity index (χ1) is 10.9. The van der Waals surface area contributed by atoms with Gasteiger partial charge in [0.05, 0.1) is 6.54 Å². The molecule has 0 aromatic carbocycles. The van der Waals surface area contributed by atoms with Gasteiger partial charge in [-0.3, -0.25) is 9.69 Å². The summed E-state index contributed by atoms with van der Waals surface area (Å²) in [4.78, 5) is 13.8. The summed E-state index contributed by atoms with van der Waals surface area (Å²) < 4.78 is 37.2. The lowest BCUT2D eigenvalue weighted by molar-refractivity contribution is -0.149. The molecule has 2 N–H and O–H groups in total. The van der Waals surface area contributed by atoms with E-state index in [9.17, 15) is 23.1 Å². The first kappa shape index (κ1) is 17.0. The minimum Gasteiger partial charge on any atom is -0.396 e. The number of nitrogens with zero attached hydrogens (tertiary/aromatic N) is 1. The van der Waals surface area contributed by atoms with Crippen molar-refractivity contribution in [1.82, 2.24) is 10.2 Å². The van der Waals surface area contributed by atoms with Gasteiger partial charge in [0.1, 0.15) is 0 Å². The molecule has 2 saturated carbocycles. The fourth-order valence-corrected chi connectivity index (χ4v) is 4.79. The van der Waals surface area contributed by atoms with E-state index in [-0.39, 0.29) is 30.4 Å². The largest absolute Gasteiger partial charge is 0.401 e. The van der Waals surface area contributed by atoms with Crippen molar-refractivity contribution in [2.75, 3.05) is 26.2 Å². The molecule has 1 amide bonds. The molecule has 3 aliphatic rings. The third-order valence-electron chi connectivity index (χ3n) is 5.97. The summed E-state index contributed by atoms with van der Waals surface area (Å²) in [5.74, 6) is 0.906. The third-order valence-corrected chi connectivity index (χ3v) is 5.97. The number of halogens is 3. The Balaban J connectivity index is 1.48. The monoisotopic (exact) mass is 334 g/mol. The van der Waals surface area contributed by atoms with Crippen LogP contribution in [-0.4, -0.2) is 54.4 Å². The van der Waals surface area contributed by atoms with E-state index in [0.29, 0.717) is 37.8 Å². The van der Waals surface area contributed by atoms with E-state index >= 15 is 0 Å². The predicted octanol–water partition coefficient (Wildman–Crippen LogP) is 1.78. The van der Waals surface area contributed by atoms with Crippen LogP contribution in [-0.2, 0) is 4.79 Å². The van der Waals surface area contributed by atoms with Gasteiger partial charge in [-0.15, -0.1) is 0 Å². The van der Waals surface area contributed by atoms with Crippen LogP contribution in [0.15, 0.2) is 0 Å². The smallest absolute Gasteiger partial charge is 0.396 e. The zero-order chi connectivity index (χ0) is 16.6. The average Bonchev–Trinajstić information content (AvgIpc) is 3.07. The number of aliphatic hydroxyl groups is 1. The Morgan fingerprint density at radius 1 is 1.13 bits per heavy atom. The summed E-state index contributed by atoms with van der Waals surface area (Å²) in [5, 5.41) is 12.7. The summed E-state index contributed by atoms with van der Waals surface area (Å²) >= 11 is 0. The second-order valence-corrected chi connectivity index (χ2v) is 7.38. The van der Waals surface area contributed by atoms with Crippen molar-refractivity contribution in [3.63, 3.8) is 0 Å². The topological polar surface area (TPSA) is 52.6 Å². The molecular weight excluding hydrogens is 309 g/mol. The molecule has 1 heterocycles. The second kappa shape index (κ2) is 6.59. The Labute approximate surface area is 134 Å². The molecule has 1 saturated heterocycles. The maximum atomic E-state index is 12.5. The Hall–Kier alpha value is -0.820. The van der Waals surface area contributed by atoms with E-state index in [0.717, 1.165) is 19.3 Å². The zero-order valence-corrected chi connectivity index (χ0v) is 13.2. The zero-order valence-electron chi connectivity index (χ0n) is 13.2. The van der Waals surface area contributed by atoms with Gasteiger partial charge in [0.2, 0.25) is 5.91 Å². The molecule has 3 fully saturated rings. The SMILES string of the molecule is O=C(NC1C2CCC(C2)C1CO)C1CCN(CC(F)(F)F)CC1. The van der Waals surface area contributed by atoms with Crippen LogP contribution < -0.4 is 5.32 Å². The number of piperidine rings is 1.